The number of rotatable bonds is 12. The van der Waals surface area contributed by atoms with E-state index in [-0.39, 0.29) is 24.0 Å². The van der Waals surface area contributed by atoms with Crippen LogP contribution >= 0.6 is 7.60 Å². The summed E-state index contributed by atoms with van der Waals surface area (Å²) in [6.07, 6.45) is 11.5. The molecule has 0 aliphatic heterocycles. The first-order valence-corrected chi connectivity index (χ1v) is 18.0. The molecule has 0 bridgehead atoms. The van der Waals surface area contributed by atoms with Crippen molar-refractivity contribution in [3.8, 4) is 5.75 Å². The van der Waals surface area contributed by atoms with Crippen molar-refractivity contribution in [1.82, 2.24) is 4.98 Å². The van der Waals surface area contributed by atoms with Crippen molar-refractivity contribution in [3.05, 3.63) is 66.0 Å². The van der Waals surface area contributed by atoms with E-state index in [1.54, 1.807) is 37.7 Å². The van der Waals surface area contributed by atoms with Gasteiger partial charge in [0.1, 0.15) is 5.75 Å². The number of carbonyl (C=O) groups is 1. The first-order valence-electron chi connectivity index (χ1n) is 16.4. The van der Waals surface area contributed by atoms with E-state index in [1.807, 2.05) is 24.3 Å². The number of esters is 1. The molecule has 0 saturated heterocycles. The molecule has 2 aromatic rings. The van der Waals surface area contributed by atoms with Crippen LogP contribution in [0.25, 0.3) is 6.08 Å². The fourth-order valence-electron chi connectivity index (χ4n) is 6.51. The lowest BCUT2D eigenvalue weighted by Crippen LogP contribution is -2.35. The van der Waals surface area contributed by atoms with Gasteiger partial charge < -0.3 is 18.5 Å². The standard InChI is InChI=1S/C36H52NO6P/c1-24(2)29-15-10-26(5)33(21-29)42-44(39,43-34-22-30(25(3)4)16-11-27(34)6)36(31-9-8-20-37-23-31)41-35(38)19-14-28-12-17-32(40-7)18-13-28/h8-9,12-14,17-20,23-27,29-30,33-34,36H,10-11,15-16,21-22H2,1-7H3. The van der Waals surface area contributed by atoms with Gasteiger partial charge in [-0.2, -0.15) is 0 Å². The van der Waals surface area contributed by atoms with E-state index in [2.05, 4.69) is 46.5 Å². The first kappa shape index (κ1) is 34.4. The third kappa shape index (κ3) is 9.05. The maximum Gasteiger partial charge on any atom is 0.376 e. The smallest absolute Gasteiger partial charge is 0.376 e. The largest absolute Gasteiger partial charge is 0.497 e. The molecule has 1 heterocycles. The normalized spacial score (nSPS) is 28.1. The molecule has 2 aliphatic carbocycles. The molecule has 2 saturated carbocycles. The Balaban J connectivity index is 1.68. The number of ether oxygens (including phenoxy) is 2. The minimum atomic E-state index is -4.07. The highest BCUT2D eigenvalue weighted by molar-refractivity contribution is 7.54. The fraction of sp³-hybridized carbons (Fsp3) is 0.611. The van der Waals surface area contributed by atoms with E-state index < -0.39 is 19.4 Å². The second kappa shape index (κ2) is 15.7. The van der Waals surface area contributed by atoms with Gasteiger partial charge in [0, 0.05) is 24.0 Å². The van der Waals surface area contributed by atoms with E-state index >= 15 is 4.57 Å². The van der Waals surface area contributed by atoms with E-state index in [0.29, 0.717) is 29.2 Å². The number of benzene rings is 1. The van der Waals surface area contributed by atoms with Crippen molar-refractivity contribution >= 4 is 19.6 Å². The number of nitrogens with zero attached hydrogens (tertiary/aromatic N) is 1. The first-order chi connectivity index (χ1) is 21.0. The van der Waals surface area contributed by atoms with Crippen LogP contribution in [-0.2, 0) is 23.1 Å². The van der Waals surface area contributed by atoms with Crippen molar-refractivity contribution in [2.24, 2.45) is 35.5 Å². The average Bonchev–Trinajstić information content (AvgIpc) is 3.01. The third-order valence-electron chi connectivity index (χ3n) is 9.79. The number of aromatic nitrogens is 1. The highest BCUT2D eigenvalue weighted by atomic mass is 31.2. The summed E-state index contributed by atoms with van der Waals surface area (Å²) in [7, 11) is -2.46. The fourth-order valence-corrected chi connectivity index (χ4v) is 8.87. The summed E-state index contributed by atoms with van der Waals surface area (Å²) < 4.78 is 40.1. The van der Waals surface area contributed by atoms with E-state index in [9.17, 15) is 4.79 Å². The van der Waals surface area contributed by atoms with Gasteiger partial charge in [0.2, 0.25) is 5.85 Å². The molecule has 7 atom stereocenters. The van der Waals surface area contributed by atoms with Crippen LogP contribution in [0.1, 0.15) is 97.0 Å². The molecular formula is C36H52NO6P. The molecular weight excluding hydrogens is 573 g/mol. The number of methoxy groups -OCH3 is 1. The number of carbonyl (C=O) groups excluding carboxylic acids is 1. The summed E-state index contributed by atoms with van der Waals surface area (Å²) in [4.78, 5) is 17.7. The second-order valence-electron chi connectivity index (χ2n) is 13.6. The predicted octanol–water partition coefficient (Wildman–Crippen LogP) is 9.49. The van der Waals surface area contributed by atoms with Crippen LogP contribution in [0.3, 0.4) is 0 Å². The zero-order chi connectivity index (χ0) is 31.9. The Morgan fingerprint density at radius 2 is 1.45 bits per heavy atom. The lowest BCUT2D eigenvalue weighted by molar-refractivity contribution is -0.141. The molecule has 0 spiro atoms. The molecule has 7 unspecified atom stereocenters. The summed E-state index contributed by atoms with van der Waals surface area (Å²) in [5.41, 5.74) is 1.30. The monoisotopic (exact) mass is 625 g/mol. The number of hydrogen-bond donors (Lipinski definition) is 0. The molecule has 1 aromatic carbocycles. The van der Waals surface area contributed by atoms with Crippen molar-refractivity contribution in [2.75, 3.05) is 7.11 Å². The van der Waals surface area contributed by atoms with Crippen LogP contribution in [-0.4, -0.2) is 30.3 Å². The maximum atomic E-state index is 15.4. The van der Waals surface area contributed by atoms with Crippen LogP contribution in [0.15, 0.2) is 54.9 Å². The van der Waals surface area contributed by atoms with E-state index in [0.717, 1.165) is 49.8 Å². The summed E-state index contributed by atoms with van der Waals surface area (Å²) in [5, 5.41) is 0. The molecule has 1 aromatic heterocycles. The second-order valence-corrected chi connectivity index (χ2v) is 15.6. The predicted molar refractivity (Wildman–Crippen MR) is 175 cm³/mol. The Morgan fingerprint density at radius 1 is 0.886 bits per heavy atom. The van der Waals surface area contributed by atoms with Crippen LogP contribution in [0.2, 0.25) is 0 Å². The van der Waals surface area contributed by atoms with Gasteiger partial charge in [-0.3, -0.25) is 9.55 Å². The minimum Gasteiger partial charge on any atom is -0.497 e. The van der Waals surface area contributed by atoms with Gasteiger partial charge in [0.05, 0.1) is 19.3 Å². The summed E-state index contributed by atoms with van der Waals surface area (Å²) >= 11 is 0. The lowest BCUT2D eigenvalue weighted by Gasteiger charge is -2.42. The topological polar surface area (TPSA) is 84.0 Å². The van der Waals surface area contributed by atoms with Crippen LogP contribution in [0.5, 0.6) is 5.75 Å². The zero-order valence-corrected chi connectivity index (χ0v) is 28.5. The number of hydrogen-bond acceptors (Lipinski definition) is 7. The van der Waals surface area contributed by atoms with Gasteiger partial charge in [-0.05, 0) is 104 Å². The Kier molecular flexibility index (Phi) is 12.3. The van der Waals surface area contributed by atoms with Crippen LogP contribution in [0, 0.1) is 35.5 Å². The Bertz CT molecular complexity index is 1230. The van der Waals surface area contributed by atoms with Gasteiger partial charge in [0.25, 0.3) is 0 Å². The summed E-state index contributed by atoms with van der Waals surface area (Å²) in [6.45, 7) is 13.3. The molecule has 0 N–H and O–H groups in total. The van der Waals surface area contributed by atoms with Gasteiger partial charge in [0.15, 0.2) is 0 Å². The van der Waals surface area contributed by atoms with Crippen molar-refractivity contribution in [1.29, 1.82) is 0 Å². The molecule has 4 rings (SSSR count). The molecule has 0 radical (unpaired) electrons. The van der Waals surface area contributed by atoms with Crippen molar-refractivity contribution in [3.63, 3.8) is 0 Å². The zero-order valence-electron chi connectivity index (χ0n) is 27.6. The molecule has 8 heteroatoms. The Morgan fingerprint density at radius 3 is 1.93 bits per heavy atom. The summed E-state index contributed by atoms with van der Waals surface area (Å²) in [5.74, 6) is 1.18. The Hall–Kier alpha value is -2.47. The minimum absolute atomic E-state index is 0.203. The maximum absolute atomic E-state index is 15.4. The van der Waals surface area contributed by atoms with Gasteiger partial charge in [-0.25, -0.2) is 4.79 Å². The van der Waals surface area contributed by atoms with Crippen molar-refractivity contribution in [2.45, 2.75) is 98.1 Å². The number of pyridine rings is 1. The summed E-state index contributed by atoms with van der Waals surface area (Å²) in [6, 6.07) is 10.9. The van der Waals surface area contributed by atoms with Gasteiger partial charge >= 0.3 is 13.6 Å². The Labute approximate surface area is 264 Å². The highest BCUT2D eigenvalue weighted by Crippen LogP contribution is 2.65. The van der Waals surface area contributed by atoms with Crippen LogP contribution in [0.4, 0.5) is 0 Å². The molecule has 242 valence electrons. The average molecular weight is 626 g/mol. The lowest BCUT2D eigenvalue weighted by atomic mass is 9.76. The molecule has 2 fully saturated rings. The quantitative estimate of drug-likeness (QED) is 0.132. The SMILES string of the molecule is COc1ccc(C=CC(=O)OC(c2cccnc2)P(=O)(OC2CC(C(C)C)CCC2C)OC2CC(C(C)C)CCC2C)cc1. The van der Waals surface area contributed by atoms with E-state index in [1.165, 1.54) is 6.08 Å². The van der Waals surface area contributed by atoms with Crippen LogP contribution < -0.4 is 4.74 Å². The molecule has 2 aliphatic rings. The van der Waals surface area contributed by atoms with E-state index in [4.69, 9.17) is 18.5 Å². The molecule has 7 nitrogen and oxygen atoms in total. The van der Waals surface area contributed by atoms with Crippen molar-refractivity contribution < 1.29 is 27.9 Å². The van der Waals surface area contributed by atoms with Gasteiger partial charge in [-0.1, -0.05) is 59.7 Å². The highest BCUT2D eigenvalue weighted by Gasteiger charge is 2.48. The molecule has 0 amide bonds. The molecule has 44 heavy (non-hydrogen) atoms. The van der Waals surface area contributed by atoms with Gasteiger partial charge in [-0.15, -0.1) is 0 Å². The third-order valence-corrected chi connectivity index (χ3v) is 11.9.